The van der Waals surface area contributed by atoms with Crippen LogP contribution in [0, 0.1) is 5.21 Å². The van der Waals surface area contributed by atoms with E-state index in [0.717, 1.165) is 19.3 Å². The van der Waals surface area contributed by atoms with Crippen molar-refractivity contribution in [3.05, 3.63) is 35.0 Å². The molecule has 0 bridgehead atoms. The van der Waals surface area contributed by atoms with Gasteiger partial charge in [0, 0.05) is 6.42 Å². The fourth-order valence-corrected chi connectivity index (χ4v) is 1.40. The van der Waals surface area contributed by atoms with E-state index in [4.69, 9.17) is 4.84 Å². The molecule has 0 aliphatic carbocycles. The standard InChI is InChI=1S/C14H23NO2/c1-5-7-12-8-10-13(11-9-12)17-15(16)14(3,4)6-2/h8-11,15H,5-7H2,1-4H3. The summed E-state index contributed by atoms with van der Waals surface area (Å²) >= 11 is 0. The van der Waals surface area contributed by atoms with E-state index >= 15 is 0 Å². The Bertz CT molecular complexity index is 333. The Morgan fingerprint density at radius 2 is 1.76 bits per heavy atom. The van der Waals surface area contributed by atoms with Crippen molar-refractivity contribution in [2.45, 2.75) is 52.5 Å². The summed E-state index contributed by atoms with van der Waals surface area (Å²) in [5, 5.41) is 11.7. The van der Waals surface area contributed by atoms with Crippen molar-refractivity contribution in [3.8, 4) is 5.75 Å². The first-order valence-electron chi connectivity index (χ1n) is 6.31. The Labute approximate surface area is 104 Å². The Hall–Kier alpha value is -1.06. The third kappa shape index (κ3) is 4.02. The Kier molecular flexibility index (Phi) is 4.97. The highest BCUT2D eigenvalue weighted by atomic mass is 16.9. The maximum atomic E-state index is 11.9. The summed E-state index contributed by atoms with van der Waals surface area (Å²) in [6.07, 6.45) is 2.97. The van der Waals surface area contributed by atoms with Crippen molar-refractivity contribution in [3.63, 3.8) is 0 Å². The molecule has 0 radical (unpaired) electrons. The minimum absolute atomic E-state index is 0.164. The van der Waals surface area contributed by atoms with Crippen LogP contribution >= 0.6 is 0 Å². The number of hydrogen-bond acceptors (Lipinski definition) is 2. The average Bonchev–Trinajstić information content (AvgIpc) is 2.32. The zero-order chi connectivity index (χ0) is 12.9. The van der Waals surface area contributed by atoms with Crippen molar-refractivity contribution >= 4 is 0 Å². The summed E-state index contributed by atoms with van der Waals surface area (Å²) in [5.41, 5.74) is 0.865. The van der Waals surface area contributed by atoms with E-state index in [0.29, 0.717) is 5.75 Å². The third-order valence-electron chi connectivity index (χ3n) is 3.11. The van der Waals surface area contributed by atoms with Gasteiger partial charge in [-0.3, -0.25) is 0 Å². The van der Waals surface area contributed by atoms with E-state index < -0.39 is 5.54 Å². The van der Waals surface area contributed by atoms with Crippen LogP contribution in [-0.2, 0) is 6.42 Å². The highest BCUT2D eigenvalue weighted by molar-refractivity contribution is 5.26. The summed E-state index contributed by atoms with van der Waals surface area (Å²) < 4.78 is 0. The van der Waals surface area contributed by atoms with Gasteiger partial charge >= 0.3 is 0 Å². The highest BCUT2D eigenvalue weighted by Crippen LogP contribution is 2.12. The van der Waals surface area contributed by atoms with Crippen LogP contribution in [0.2, 0.25) is 0 Å². The molecule has 0 aromatic heterocycles. The number of quaternary nitrogens is 1. The van der Waals surface area contributed by atoms with Gasteiger partial charge in [0.25, 0.3) is 0 Å². The molecule has 1 N–H and O–H groups in total. The van der Waals surface area contributed by atoms with Gasteiger partial charge in [-0.15, -0.1) is 0 Å². The molecule has 96 valence electrons. The Morgan fingerprint density at radius 3 is 2.24 bits per heavy atom. The van der Waals surface area contributed by atoms with E-state index in [1.807, 2.05) is 45.0 Å². The number of benzene rings is 1. The molecular formula is C14H23NO2. The van der Waals surface area contributed by atoms with Gasteiger partial charge < -0.3 is 10.0 Å². The lowest BCUT2D eigenvalue weighted by Crippen LogP contribution is -3.17. The van der Waals surface area contributed by atoms with E-state index in [-0.39, 0.29) is 5.23 Å². The summed E-state index contributed by atoms with van der Waals surface area (Å²) in [6, 6.07) is 7.78. The second kappa shape index (κ2) is 6.03. The molecule has 1 aromatic rings. The number of hydrogen-bond donors (Lipinski definition) is 1. The zero-order valence-electron chi connectivity index (χ0n) is 11.2. The lowest BCUT2D eigenvalue weighted by atomic mass is 10.0. The normalized spacial score (nSPS) is 13.5. The van der Waals surface area contributed by atoms with Crippen LogP contribution in [0.25, 0.3) is 0 Å². The lowest BCUT2D eigenvalue weighted by molar-refractivity contribution is -1.06. The highest BCUT2D eigenvalue weighted by Gasteiger charge is 2.25. The summed E-state index contributed by atoms with van der Waals surface area (Å²) in [6.45, 7) is 7.95. The second-order valence-electron chi connectivity index (χ2n) is 5.02. The van der Waals surface area contributed by atoms with Crippen molar-refractivity contribution in [1.29, 1.82) is 0 Å². The van der Waals surface area contributed by atoms with E-state index in [2.05, 4.69) is 6.92 Å². The minimum atomic E-state index is -0.415. The van der Waals surface area contributed by atoms with Gasteiger partial charge in [-0.05, 0) is 38.0 Å². The minimum Gasteiger partial charge on any atom is -0.590 e. The average molecular weight is 237 g/mol. The molecular weight excluding hydrogens is 214 g/mol. The largest absolute Gasteiger partial charge is 0.590 e. The number of rotatable bonds is 6. The molecule has 0 aliphatic rings. The van der Waals surface area contributed by atoms with Crippen LogP contribution in [0.1, 0.15) is 46.1 Å². The van der Waals surface area contributed by atoms with Crippen LogP contribution in [0.15, 0.2) is 24.3 Å². The number of aryl methyl sites for hydroxylation is 1. The van der Waals surface area contributed by atoms with Crippen LogP contribution in [0.5, 0.6) is 5.75 Å². The third-order valence-corrected chi connectivity index (χ3v) is 3.11. The molecule has 3 nitrogen and oxygen atoms in total. The summed E-state index contributed by atoms with van der Waals surface area (Å²) in [7, 11) is 0. The fraction of sp³-hybridized carbons (Fsp3) is 0.571. The Balaban J connectivity index is 2.63. The van der Waals surface area contributed by atoms with Crippen LogP contribution in [0.3, 0.4) is 0 Å². The first kappa shape index (κ1) is 14.0. The van der Waals surface area contributed by atoms with Crippen LogP contribution in [-0.4, -0.2) is 5.54 Å². The molecule has 1 rings (SSSR count). The number of hydroxylamine groups is 2. The van der Waals surface area contributed by atoms with Crippen molar-refractivity contribution in [2.75, 3.05) is 0 Å². The molecule has 0 amide bonds. The Morgan fingerprint density at radius 1 is 1.18 bits per heavy atom. The second-order valence-corrected chi connectivity index (χ2v) is 5.02. The molecule has 0 saturated heterocycles. The van der Waals surface area contributed by atoms with E-state index in [1.165, 1.54) is 5.56 Å². The monoisotopic (exact) mass is 237 g/mol. The van der Waals surface area contributed by atoms with E-state index in [9.17, 15) is 5.21 Å². The van der Waals surface area contributed by atoms with Crippen molar-refractivity contribution < 1.29 is 10.1 Å². The molecule has 0 fully saturated rings. The molecule has 3 heteroatoms. The molecule has 0 heterocycles. The van der Waals surface area contributed by atoms with Gasteiger partial charge in [0.05, 0.1) is 0 Å². The van der Waals surface area contributed by atoms with Gasteiger partial charge in [-0.1, -0.05) is 32.4 Å². The van der Waals surface area contributed by atoms with Gasteiger partial charge in [-0.25, -0.2) is 0 Å². The SMILES string of the molecule is CCCc1ccc(O[NH+]([O-])C(C)(C)CC)cc1. The molecule has 1 aromatic carbocycles. The molecule has 1 unspecified atom stereocenters. The van der Waals surface area contributed by atoms with Gasteiger partial charge in [-0.2, -0.15) is 5.23 Å². The smallest absolute Gasteiger partial charge is 0.190 e. The maximum Gasteiger partial charge on any atom is 0.190 e. The fourth-order valence-electron chi connectivity index (χ4n) is 1.40. The zero-order valence-corrected chi connectivity index (χ0v) is 11.2. The molecule has 0 aliphatic heterocycles. The quantitative estimate of drug-likeness (QED) is 0.772. The summed E-state index contributed by atoms with van der Waals surface area (Å²) in [5.74, 6) is 0.636. The van der Waals surface area contributed by atoms with Crippen LogP contribution in [0.4, 0.5) is 0 Å². The number of nitrogens with one attached hydrogen (secondary N) is 1. The molecule has 0 saturated carbocycles. The van der Waals surface area contributed by atoms with Crippen LogP contribution < -0.4 is 10.1 Å². The van der Waals surface area contributed by atoms with Gasteiger partial charge in [0.1, 0.15) is 5.54 Å². The molecule has 1 atom stereocenters. The van der Waals surface area contributed by atoms with Gasteiger partial charge in [0.15, 0.2) is 5.75 Å². The first-order valence-corrected chi connectivity index (χ1v) is 6.31. The topological polar surface area (TPSA) is 36.7 Å². The van der Waals surface area contributed by atoms with Crippen molar-refractivity contribution in [2.24, 2.45) is 0 Å². The maximum absolute atomic E-state index is 11.9. The van der Waals surface area contributed by atoms with E-state index in [1.54, 1.807) is 0 Å². The predicted octanol–water partition coefficient (Wildman–Crippen LogP) is 2.50. The summed E-state index contributed by atoms with van der Waals surface area (Å²) in [4.78, 5) is 5.36. The van der Waals surface area contributed by atoms with Crippen molar-refractivity contribution in [1.82, 2.24) is 0 Å². The first-order chi connectivity index (χ1) is 7.99. The molecule has 17 heavy (non-hydrogen) atoms. The van der Waals surface area contributed by atoms with Gasteiger partial charge in [0.2, 0.25) is 0 Å². The predicted molar refractivity (Wildman–Crippen MR) is 69.8 cm³/mol. The molecule has 0 spiro atoms. The lowest BCUT2D eigenvalue weighted by Gasteiger charge is -2.34.